The van der Waals surface area contributed by atoms with E-state index in [2.05, 4.69) is 0 Å². The molecule has 1 aliphatic heterocycles. The van der Waals surface area contributed by atoms with Crippen molar-refractivity contribution in [3.8, 4) is 11.5 Å². The van der Waals surface area contributed by atoms with Gasteiger partial charge in [-0.05, 0) is 18.9 Å². The molecule has 0 spiro atoms. The predicted octanol–water partition coefficient (Wildman–Crippen LogP) is 2.43. The number of carbonyl (C=O) groups is 2. The number of rotatable bonds is 3. The Kier molecular flexibility index (Phi) is 3.09. The van der Waals surface area contributed by atoms with Crippen LogP contribution in [0.25, 0.3) is 0 Å². The fraction of sp³-hybridized carbons (Fsp3) is 0.429. The average molecular weight is 297 g/mol. The van der Waals surface area contributed by atoms with Gasteiger partial charge in [0.15, 0.2) is 17.8 Å². The maximum absolute atomic E-state index is 11.7. The quantitative estimate of drug-likeness (QED) is 0.867. The lowest BCUT2D eigenvalue weighted by molar-refractivity contribution is -0.147. The van der Waals surface area contributed by atoms with Gasteiger partial charge in [0.1, 0.15) is 13.2 Å². The van der Waals surface area contributed by atoms with Crippen molar-refractivity contribution in [2.24, 2.45) is 0 Å². The number of carboxylic acids is 1. The van der Waals surface area contributed by atoms with Crippen LogP contribution in [0.2, 0.25) is 5.02 Å². The van der Waals surface area contributed by atoms with Crippen LogP contribution in [0.4, 0.5) is 0 Å². The zero-order chi connectivity index (χ0) is 14.3. The monoisotopic (exact) mass is 296 g/mol. The second-order valence-corrected chi connectivity index (χ2v) is 5.44. The standard InChI is InChI=1S/C14H13ClO5/c15-9-6-8(7-16)11-12(20-5-4-19-11)10(9)14(13(17)18)2-1-3-14/h6-7H,1-5H2,(H,17,18). The van der Waals surface area contributed by atoms with Gasteiger partial charge in [0.25, 0.3) is 0 Å². The molecule has 5 nitrogen and oxygen atoms in total. The molecule has 1 aliphatic carbocycles. The summed E-state index contributed by atoms with van der Waals surface area (Å²) in [5, 5.41) is 9.81. The summed E-state index contributed by atoms with van der Waals surface area (Å²) < 4.78 is 11.1. The van der Waals surface area contributed by atoms with E-state index in [0.717, 1.165) is 6.42 Å². The molecule has 1 aromatic carbocycles. The largest absolute Gasteiger partial charge is 0.486 e. The number of aldehydes is 1. The Bertz CT molecular complexity index is 592. The Labute approximate surface area is 120 Å². The first-order valence-electron chi connectivity index (χ1n) is 6.41. The summed E-state index contributed by atoms with van der Waals surface area (Å²) in [4.78, 5) is 22.8. The van der Waals surface area contributed by atoms with Gasteiger partial charge >= 0.3 is 5.97 Å². The van der Waals surface area contributed by atoms with Gasteiger partial charge in [-0.15, -0.1) is 0 Å². The van der Waals surface area contributed by atoms with Gasteiger partial charge in [-0.25, -0.2) is 0 Å². The van der Waals surface area contributed by atoms with Crippen LogP contribution in [0, 0.1) is 0 Å². The molecule has 1 saturated carbocycles. The number of ether oxygens (including phenoxy) is 2. The molecule has 0 saturated heterocycles. The molecule has 0 unspecified atom stereocenters. The Balaban J connectivity index is 2.25. The molecule has 1 aromatic rings. The molecule has 20 heavy (non-hydrogen) atoms. The van der Waals surface area contributed by atoms with Crippen molar-refractivity contribution < 1.29 is 24.2 Å². The molecule has 106 valence electrons. The molecule has 0 bridgehead atoms. The van der Waals surface area contributed by atoms with Gasteiger partial charge in [-0.2, -0.15) is 0 Å². The summed E-state index contributed by atoms with van der Waals surface area (Å²) in [6, 6.07) is 1.46. The van der Waals surface area contributed by atoms with Gasteiger partial charge in [0.05, 0.1) is 11.0 Å². The van der Waals surface area contributed by atoms with E-state index >= 15 is 0 Å². The van der Waals surface area contributed by atoms with Crippen molar-refractivity contribution in [3.63, 3.8) is 0 Å². The van der Waals surface area contributed by atoms with Crippen LogP contribution in [0.1, 0.15) is 35.2 Å². The molecular weight excluding hydrogens is 284 g/mol. The number of hydrogen-bond acceptors (Lipinski definition) is 4. The van der Waals surface area contributed by atoms with Crippen molar-refractivity contribution in [1.82, 2.24) is 0 Å². The summed E-state index contributed by atoms with van der Waals surface area (Å²) in [7, 11) is 0. The Morgan fingerprint density at radius 2 is 1.95 bits per heavy atom. The minimum atomic E-state index is -1.02. The van der Waals surface area contributed by atoms with Crippen molar-refractivity contribution in [1.29, 1.82) is 0 Å². The van der Waals surface area contributed by atoms with Crippen molar-refractivity contribution >= 4 is 23.9 Å². The summed E-state index contributed by atoms with van der Waals surface area (Å²) >= 11 is 6.23. The predicted molar refractivity (Wildman–Crippen MR) is 71.0 cm³/mol. The number of halogens is 1. The minimum Gasteiger partial charge on any atom is -0.486 e. The highest BCUT2D eigenvalue weighted by atomic mass is 35.5. The van der Waals surface area contributed by atoms with E-state index in [1.807, 2.05) is 0 Å². The SMILES string of the molecule is O=Cc1cc(Cl)c(C2(C(=O)O)CCC2)c2c1OCCO2. The van der Waals surface area contributed by atoms with E-state index in [9.17, 15) is 14.7 Å². The number of aliphatic carboxylic acids is 1. The lowest BCUT2D eigenvalue weighted by Gasteiger charge is -2.40. The van der Waals surface area contributed by atoms with Gasteiger partial charge in [0, 0.05) is 10.6 Å². The molecule has 1 fully saturated rings. The Morgan fingerprint density at radius 3 is 2.45 bits per heavy atom. The third-order valence-electron chi connectivity index (χ3n) is 4.01. The van der Waals surface area contributed by atoms with Crippen LogP contribution in [0.5, 0.6) is 11.5 Å². The van der Waals surface area contributed by atoms with Crippen molar-refractivity contribution in [2.45, 2.75) is 24.7 Å². The lowest BCUT2D eigenvalue weighted by atomic mass is 9.64. The highest BCUT2D eigenvalue weighted by molar-refractivity contribution is 6.32. The number of carbonyl (C=O) groups excluding carboxylic acids is 1. The maximum Gasteiger partial charge on any atom is 0.314 e. The second-order valence-electron chi connectivity index (χ2n) is 5.04. The third-order valence-corrected chi connectivity index (χ3v) is 4.31. The molecule has 0 atom stereocenters. The topological polar surface area (TPSA) is 72.8 Å². The van der Waals surface area contributed by atoms with E-state index in [1.165, 1.54) is 6.07 Å². The maximum atomic E-state index is 11.7. The van der Waals surface area contributed by atoms with Gasteiger partial charge in [-0.3, -0.25) is 9.59 Å². The number of fused-ring (bicyclic) bond motifs is 1. The fourth-order valence-electron chi connectivity index (χ4n) is 2.84. The number of carboxylic acid groups (broad SMARTS) is 1. The highest BCUT2D eigenvalue weighted by Gasteiger charge is 2.50. The average Bonchev–Trinajstić information content (AvgIpc) is 2.39. The zero-order valence-corrected chi connectivity index (χ0v) is 11.4. The van der Waals surface area contributed by atoms with E-state index in [4.69, 9.17) is 21.1 Å². The van der Waals surface area contributed by atoms with Crippen LogP contribution in [-0.4, -0.2) is 30.6 Å². The summed E-state index contributed by atoms with van der Waals surface area (Å²) in [5.41, 5.74) is -0.296. The van der Waals surface area contributed by atoms with E-state index in [1.54, 1.807) is 0 Å². The zero-order valence-electron chi connectivity index (χ0n) is 10.6. The molecule has 0 radical (unpaired) electrons. The third kappa shape index (κ3) is 1.69. The van der Waals surface area contributed by atoms with Crippen LogP contribution in [0.15, 0.2) is 6.07 Å². The van der Waals surface area contributed by atoms with Crippen molar-refractivity contribution in [2.75, 3.05) is 13.2 Å². The van der Waals surface area contributed by atoms with E-state index in [0.29, 0.717) is 49.4 Å². The molecular formula is C14H13ClO5. The normalized spacial score (nSPS) is 19.1. The van der Waals surface area contributed by atoms with E-state index in [-0.39, 0.29) is 10.6 Å². The lowest BCUT2D eigenvalue weighted by Crippen LogP contribution is -2.43. The first-order chi connectivity index (χ1) is 9.60. The van der Waals surface area contributed by atoms with Crippen molar-refractivity contribution in [3.05, 3.63) is 22.2 Å². The Morgan fingerprint density at radius 1 is 1.30 bits per heavy atom. The number of benzene rings is 1. The van der Waals surface area contributed by atoms with Crippen LogP contribution >= 0.6 is 11.6 Å². The van der Waals surface area contributed by atoms with Crippen LogP contribution in [-0.2, 0) is 10.2 Å². The summed E-state index contributed by atoms with van der Waals surface area (Å²) in [6.07, 6.45) is 2.49. The van der Waals surface area contributed by atoms with Crippen LogP contribution < -0.4 is 9.47 Å². The first kappa shape index (κ1) is 13.2. The molecule has 2 aliphatic rings. The smallest absolute Gasteiger partial charge is 0.314 e. The van der Waals surface area contributed by atoms with Gasteiger partial charge in [0.2, 0.25) is 0 Å². The van der Waals surface area contributed by atoms with Gasteiger partial charge < -0.3 is 14.6 Å². The Hall–Kier alpha value is -1.75. The molecule has 3 rings (SSSR count). The first-order valence-corrected chi connectivity index (χ1v) is 6.79. The van der Waals surface area contributed by atoms with Gasteiger partial charge in [-0.1, -0.05) is 18.0 Å². The highest BCUT2D eigenvalue weighted by Crippen LogP contribution is 2.54. The molecule has 1 N–H and O–H groups in total. The summed E-state index contributed by atoms with van der Waals surface area (Å²) in [6.45, 7) is 0.642. The number of hydrogen-bond donors (Lipinski definition) is 1. The fourth-order valence-corrected chi connectivity index (χ4v) is 3.22. The van der Waals surface area contributed by atoms with E-state index < -0.39 is 11.4 Å². The molecule has 0 amide bonds. The minimum absolute atomic E-state index is 0.249. The van der Waals surface area contributed by atoms with Crippen LogP contribution in [0.3, 0.4) is 0 Å². The molecule has 6 heteroatoms. The second kappa shape index (κ2) is 4.66. The molecule has 1 heterocycles. The summed E-state index contributed by atoms with van der Waals surface area (Å²) in [5.74, 6) is -0.299. The molecule has 0 aromatic heterocycles.